The van der Waals surface area contributed by atoms with Gasteiger partial charge in [-0.1, -0.05) is 17.7 Å². The van der Waals surface area contributed by atoms with E-state index < -0.39 is 29.3 Å². The first-order valence-electron chi connectivity index (χ1n) is 7.08. The maximum absolute atomic E-state index is 11.7. The van der Waals surface area contributed by atoms with Crippen molar-refractivity contribution in [2.75, 3.05) is 18.5 Å². The van der Waals surface area contributed by atoms with E-state index in [1.54, 1.807) is 17.5 Å². The molecule has 1 heterocycles. The number of nitrogens with zero attached hydrogens (tertiary/aromatic N) is 1. The number of esters is 1. The fourth-order valence-corrected chi connectivity index (χ4v) is 2.61. The van der Waals surface area contributed by atoms with Crippen molar-refractivity contribution in [1.82, 2.24) is 5.32 Å². The molecule has 2 amide bonds. The fraction of sp³-hybridized carbons (Fsp3) is 0.133. The number of carbonyl (C=O) groups excluding carboxylic acids is 3. The van der Waals surface area contributed by atoms with E-state index in [1.165, 1.54) is 23.5 Å². The smallest absolute Gasteiger partial charge is 0.325 e. The lowest BCUT2D eigenvalue weighted by Crippen LogP contribution is -2.31. The van der Waals surface area contributed by atoms with Gasteiger partial charge in [0.05, 0.1) is 20.5 Å². The molecule has 0 fully saturated rings. The van der Waals surface area contributed by atoms with Gasteiger partial charge in [-0.25, -0.2) is 0 Å². The Hall–Kier alpha value is -2.98. The Balaban J connectivity index is 1.77. The van der Waals surface area contributed by atoms with E-state index in [0.29, 0.717) is 4.88 Å². The number of amides is 2. The molecule has 2 N–H and O–H groups in total. The number of benzene rings is 1. The molecule has 136 valence electrons. The summed E-state index contributed by atoms with van der Waals surface area (Å²) in [6.45, 7) is -0.983. The van der Waals surface area contributed by atoms with Crippen molar-refractivity contribution >= 4 is 52.1 Å². The molecule has 9 nitrogen and oxygen atoms in total. The number of nitro benzene ring substituents is 1. The number of non-ortho nitro benzene ring substituents is 1. The molecule has 2 aromatic rings. The molecule has 0 aliphatic rings. The minimum Gasteiger partial charge on any atom is -0.454 e. The second-order valence-corrected chi connectivity index (χ2v) is 6.14. The zero-order valence-corrected chi connectivity index (χ0v) is 14.6. The maximum Gasteiger partial charge on any atom is 0.325 e. The van der Waals surface area contributed by atoms with Gasteiger partial charge in [0.15, 0.2) is 6.61 Å². The highest BCUT2D eigenvalue weighted by molar-refractivity contribution is 7.12. The molecule has 1 aromatic carbocycles. The molecule has 0 aliphatic heterocycles. The van der Waals surface area contributed by atoms with Crippen LogP contribution in [0, 0.1) is 10.1 Å². The molecule has 26 heavy (non-hydrogen) atoms. The van der Waals surface area contributed by atoms with E-state index >= 15 is 0 Å². The second-order valence-electron chi connectivity index (χ2n) is 4.79. The summed E-state index contributed by atoms with van der Waals surface area (Å²) < 4.78 is 4.73. The van der Waals surface area contributed by atoms with Crippen molar-refractivity contribution in [3.8, 4) is 0 Å². The van der Waals surface area contributed by atoms with Crippen molar-refractivity contribution < 1.29 is 24.0 Å². The molecular formula is C15H12ClN3O6S. The van der Waals surface area contributed by atoms with E-state index in [1.807, 2.05) is 0 Å². The van der Waals surface area contributed by atoms with Crippen LogP contribution in [0.5, 0.6) is 0 Å². The van der Waals surface area contributed by atoms with Crippen LogP contribution in [0.1, 0.15) is 9.67 Å². The molecule has 11 heteroatoms. The van der Waals surface area contributed by atoms with Crippen LogP contribution in [0.4, 0.5) is 11.4 Å². The van der Waals surface area contributed by atoms with E-state index in [0.717, 1.165) is 6.07 Å². The van der Waals surface area contributed by atoms with Crippen LogP contribution >= 0.6 is 22.9 Å². The monoisotopic (exact) mass is 397 g/mol. The maximum atomic E-state index is 11.7. The topological polar surface area (TPSA) is 128 Å². The van der Waals surface area contributed by atoms with Crippen LogP contribution in [0.2, 0.25) is 5.02 Å². The Morgan fingerprint density at radius 2 is 2.04 bits per heavy atom. The summed E-state index contributed by atoms with van der Waals surface area (Å²) in [5.74, 6) is -1.89. The number of anilines is 1. The van der Waals surface area contributed by atoms with Crippen LogP contribution in [-0.2, 0) is 14.3 Å². The lowest BCUT2D eigenvalue weighted by molar-refractivity contribution is -0.384. The largest absolute Gasteiger partial charge is 0.454 e. The van der Waals surface area contributed by atoms with E-state index in [-0.39, 0.29) is 22.9 Å². The Labute approximate surface area is 156 Å². The molecule has 0 aliphatic carbocycles. The molecule has 0 unspecified atom stereocenters. The Morgan fingerprint density at radius 3 is 2.65 bits per heavy atom. The third-order valence-electron chi connectivity index (χ3n) is 2.94. The summed E-state index contributed by atoms with van der Waals surface area (Å²) in [5.41, 5.74) is -0.0785. The molecule has 1 aromatic heterocycles. The highest BCUT2D eigenvalue weighted by Crippen LogP contribution is 2.26. The van der Waals surface area contributed by atoms with Crippen molar-refractivity contribution in [3.63, 3.8) is 0 Å². The number of hydrogen-bond acceptors (Lipinski definition) is 7. The minimum atomic E-state index is -0.792. The van der Waals surface area contributed by atoms with Crippen LogP contribution < -0.4 is 10.6 Å². The van der Waals surface area contributed by atoms with Gasteiger partial charge >= 0.3 is 5.97 Å². The lowest BCUT2D eigenvalue weighted by atomic mass is 10.3. The number of hydrogen-bond donors (Lipinski definition) is 2. The van der Waals surface area contributed by atoms with Gasteiger partial charge in [0, 0.05) is 12.1 Å². The van der Waals surface area contributed by atoms with Crippen LogP contribution in [0.25, 0.3) is 0 Å². The summed E-state index contributed by atoms with van der Waals surface area (Å²) in [6.07, 6.45) is 0. The average molecular weight is 398 g/mol. The van der Waals surface area contributed by atoms with Crippen molar-refractivity contribution in [2.24, 2.45) is 0 Å². The van der Waals surface area contributed by atoms with Gasteiger partial charge in [-0.05, 0) is 17.5 Å². The standard InChI is InChI=1S/C15H12ClN3O6S/c16-10-6-9(19(23)24)3-4-11(10)18-13(20)8-25-14(21)7-17-15(22)12-2-1-5-26-12/h1-6H,7-8H2,(H,17,22)(H,18,20). The first-order chi connectivity index (χ1) is 12.4. The molecule has 0 saturated carbocycles. The van der Waals surface area contributed by atoms with Gasteiger partial charge < -0.3 is 15.4 Å². The fourth-order valence-electron chi connectivity index (χ4n) is 1.75. The number of nitro groups is 1. The molecular weight excluding hydrogens is 386 g/mol. The van der Waals surface area contributed by atoms with Crippen molar-refractivity contribution in [1.29, 1.82) is 0 Å². The van der Waals surface area contributed by atoms with Gasteiger partial charge in [-0.15, -0.1) is 11.3 Å². The van der Waals surface area contributed by atoms with Crippen LogP contribution in [-0.4, -0.2) is 35.9 Å². The molecule has 0 atom stereocenters. The highest BCUT2D eigenvalue weighted by Gasteiger charge is 2.14. The lowest BCUT2D eigenvalue weighted by Gasteiger charge is -2.08. The molecule has 2 rings (SSSR count). The second kappa shape index (κ2) is 8.92. The van der Waals surface area contributed by atoms with Gasteiger partial charge in [0.25, 0.3) is 17.5 Å². The quantitative estimate of drug-likeness (QED) is 0.419. The average Bonchev–Trinajstić information content (AvgIpc) is 3.14. The van der Waals surface area contributed by atoms with Crippen molar-refractivity contribution in [3.05, 3.63) is 55.7 Å². The van der Waals surface area contributed by atoms with E-state index in [9.17, 15) is 24.5 Å². The van der Waals surface area contributed by atoms with E-state index in [2.05, 4.69) is 10.6 Å². The number of thiophene rings is 1. The van der Waals surface area contributed by atoms with Gasteiger partial charge in [0.2, 0.25) is 0 Å². The normalized spacial score (nSPS) is 10.0. The molecule has 0 radical (unpaired) electrons. The van der Waals surface area contributed by atoms with Crippen molar-refractivity contribution in [2.45, 2.75) is 0 Å². The third kappa shape index (κ3) is 5.53. The number of ether oxygens (including phenoxy) is 1. The van der Waals surface area contributed by atoms with Crippen LogP contribution in [0.15, 0.2) is 35.7 Å². The third-order valence-corrected chi connectivity index (χ3v) is 4.12. The number of rotatable bonds is 7. The molecule has 0 bridgehead atoms. The SMILES string of the molecule is O=C(COC(=O)CNC(=O)c1cccs1)Nc1ccc([N+](=O)[O-])cc1Cl. The van der Waals surface area contributed by atoms with E-state index in [4.69, 9.17) is 16.3 Å². The molecule has 0 saturated heterocycles. The summed E-state index contributed by atoms with van der Waals surface area (Å²) in [6, 6.07) is 6.83. The zero-order valence-electron chi connectivity index (χ0n) is 13.1. The molecule has 0 spiro atoms. The Kier molecular flexibility index (Phi) is 6.64. The predicted octanol–water partition coefficient (Wildman–Crippen LogP) is 2.22. The Morgan fingerprint density at radius 1 is 1.27 bits per heavy atom. The van der Waals surface area contributed by atoms with Gasteiger partial charge in [0.1, 0.15) is 6.54 Å². The zero-order chi connectivity index (χ0) is 19.1. The summed E-state index contributed by atoms with van der Waals surface area (Å²) >= 11 is 7.06. The summed E-state index contributed by atoms with van der Waals surface area (Å²) in [5, 5.41) is 17.0. The highest BCUT2D eigenvalue weighted by atomic mass is 35.5. The van der Waals surface area contributed by atoms with Crippen LogP contribution in [0.3, 0.4) is 0 Å². The summed E-state index contributed by atoms with van der Waals surface area (Å²) in [7, 11) is 0. The van der Waals surface area contributed by atoms with Gasteiger partial charge in [-0.2, -0.15) is 0 Å². The van der Waals surface area contributed by atoms with Gasteiger partial charge in [-0.3, -0.25) is 24.5 Å². The number of carbonyl (C=O) groups is 3. The summed E-state index contributed by atoms with van der Waals surface area (Å²) in [4.78, 5) is 45.4. The first kappa shape index (κ1) is 19.3. The number of nitrogens with one attached hydrogen (secondary N) is 2. The first-order valence-corrected chi connectivity index (χ1v) is 8.33. The number of halogens is 1. The minimum absolute atomic E-state index is 0.0258. The Bertz CT molecular complexity index is 840. The predicted molar refractivity (Wildman–Crippen MR) is 94.3 cm³/mol.